The Morgan fingerprint density at radius 1 is 1.17 bits per heavy atom. The van der Waals surface area contributed by atoms with Gasteiger partial charge in [0.2, 0.25) is 0 Å². The van der Waals surface area contributed by atoms with Gasteiger partial charge in [0.05, 0.1) is 0 Å². The molecule has 6 heteroatoms. The van der Waals surface area contributed by atoms with E-state index in [1.807, 2.05) is 0 Å². The summed E-state index contributed by atoms with van der Waals surface area (Å²) in [5.74, 6) is 0. The first kappa shape index (κ1) is 9.76. The quantitative estimate of drug-likeness (QED) is 0.235. The molecule has 1 nitrogen and oxygen atoms in total. The van der Waals surface area contributed by atoms with Crippen molar-refractivity contribution >= 4 is 9.32 Å². The van der Waals surface area contributed by atoms with Gasteiger partial charge in [0.25, 0.3) is 0 Å². The Bertz CT molecular complexity index is 26.3. The van der Waals surface area contributed by atoms with Crippen molar-refractivity contribution in [1.29, 1.82) is 0 Å². The van der Waals surface area contributed by atoms with Gasteiger partial charge in [0.1, 0.15) is 0 Å². The van der Waals surface area contributed by atoms with Crippen LogP contribution in [0.5, 0.6) is 0 Å². The van der Waals surface area contributed by atoms with E-state index < -0.39 is 9.32 Å². The van der Waals surface area contributed by atoms with Crippen molar-refractivity contribution in [1.82, 2.24) is 0 Å². The van der Waals surface area contributed by atoms with Crippen LogP contribution in [0.3, 0.4) is 0 Å². The second-order valence-electron chi connectivity index (χ2n) is 0.446. The van der Waals surface area contributed by atoms with Crippen molar-refractivity contribution < 1.29 is 36.0 Å². The van der Waals surface area contributed by atoms with Gasteiger partial charge in [-0.25, -0.2) is 12.3 Å². The van der Waals surface area contributed by atoms with Crippen LogP contribution in [-0.4, -0.2) is 9.32 Å². The number of hydrogen-bond donors (Lipinski definition) is 0. The molecule has 0 radical (unpaired) electrons. The summed E-state index contributed by atoms with van der Waals surface area (Å²) in [7, 11) is -6.36. The van der Waals surface area contributed by atoms with Crippen molar-refractivity contribution in [2.24, 2.45) is 0 Å². The van der Waals surface area contributed by atoms with Gasteiger partial charge in [-0.3, -0.25) is 0 Å². The van der Waals surface area contributed by atoms with Crippen LogP contribution >= 0.6 is 0 Å². The molecule has 0 aromatic heterocycles. The molecule has 0 rings (SSSR count). The van der Waals surface area contributed by atoms with Crippen molar-refractivity contribution in [3.05, 3.63) is 0 Å². The van der Waals surface area contributed by atoms with E-state index in [0.29, 0.717) is 0 Å². The maximum atomic E-state index is 9.94. The summed E-state index contributed by atoms with van der Waals surface area (Å²) in [5.41, 5.74) is 0. The van der Waals surface area contributed by atoms with E-state index in [9.17, 15) is 12.3 Å². The third kappa shape index (κ3) is 182. The van der Waals surface area contributed by atoms with E-state index in [-0.39, 0.29) is 18.9 Å². The van der Waals surface area contributed by atoms with Gasteiger partial charge in [0.15, 0.2) is 0 Å². The van der Waals surface area contributed by atoms with Crippen molar-refractivity contribution in [2.75, 3.05) is 0 Å². The Morgan fingerprint density at radius 3 is 1.17 bits per heavy atom. The van der Waals surface area contributed by atoms with Crippen molar-refractivity contribution in [3.8, 4) is 0 Å². The Balaban J connectivity index is 0. The summed E-state index contributed by atoms with van der Waals surface area (Å²) in [6.07, 6.45) is 0. The molecule has 0 aromatic carbocycles. The Labute approximate surface area is 46.0 Å². The zero-order valence-corrected chi connectivity index (χ0v) is 4.04. The first-order valence-electron chi connectivity index (χ1n) is 0.771. The fourth-order valence-electron chi connectivity index (χ4n) is 0. The van der Waals surface area contributed by atoms with Crippen molar-refractivity contribution in [3.63, 3.8) is 0 Å². The van der Waals surface area contributed by atoms with E-state index in [0.717, 1.165) is 0 Å². The minimum Gasteiger partial charge on any atom is -0.784 e. The molecule has 32 valence electrons. The SMILES string of the molecule is [Li+].[O-][Si](F)(F)F. The van der Waals surface area contributed by atoms with Gasteiger partial charge in [-0.05, 0) is 0 Å². The molecular weight excluding hydrogens is 108 g/mol. The van der Waals surface area contributed by atoms with Gasteiger partial charge in [0, 0.05) is 0 Å². The predicted molar refractivity (Wildman–Crippen MR) is 9.08 cm³/mol. The fourth-order valence-corrected chi connectivity index (χ4v) is 0. The monoisotopic (exact) mass is 108 g/mol. The molecule has 0 saturated heterocycles. The standard InChI is InChI=1S/F3OSi.Li/c1-5(2,3)4;/q-1;+1. The molecule has 0 unspecified atom stereocenters. The third-order valence-corrected chi connectivity index (χ3v) is 0. The Kier molecular flexibility index (Phi) is 4.37. The van der Waals surface area contributed by atoms with Gasteiger partial charge >= 0.3 is 28.2 Å². The largest absolute Gasteiger partial charge is 1.00 e. The molecule has 0 saturated carbocycles. The van der Waals surface area contributed by atoms with E-state index in [1.165, 1.54) is 0 Å². The molecule has 0 aliphatic rings. The summed E-state index contributed by atoms with van der Waals surface area (Å²) < 4.78 is 29.8. The number of hydrogen-bond acceptors (Lipinski definition) is 1. The van der Waals surface area contributed by atoms with Crippen LogP contribution < -0.4 is 23.7 Å². The smallest absolute Gasteiger partial charge is 0.784 e. The number of rotatable bonds is 0. The summed E-state index contributed by atoms with van der Waals surface area (Å²) in [5, 5.41) is 0. The van der Waals surface area contributed by atoms with Crippen LogP contribution in [0.2, 0.25) is 0 Å². The maximum absolute atomic E-state index is 9.94. The number of halogens is 3. The molecule has 0 fully saturated rings. The summed E-state index contributed by atoms with van der Waals surface area (Å²) in [6, 6.07) is 0. The molecule has 6 heavy (non-hydrogen) atoms. The molecule has 0 aromatic rings. The minimum absolute atomic E-state index is 0. The first-order valence-corrected chi connectivity index (χ1v) is 2.31. The van der Waals surface area contributed by atoms with Crippen molar-refractivity contribution in [2.45, 2.75) is 0 Å². The first-order chi connectivity index (χ1) is 2.00. The van der Waals surface area contributed by atoms with Crippen LogP contribution in [0.25, 0.3) is 0 Å². The zero-order chi connectivity index (χ0) is 4.50. The third-order valence-electron chi connectivity index (χ3n) is 0. The molecule has 0 amide bonds. The molecule has 0 N–H and O–H groups in total. The van der Waals surface area contributed by atoms with Crippen LogP contribution in [0.4, 0.5) is 12.3 Å². The van der Waals surface area contributed by atoms with Gasteiger partial charge in [-0.1, -0.05) is 0 Å². The van der Waals surface area contributed by atoms with Crippen LogP contribution in [0, 0.1) is 0 Å². The molecule has 0 aliphatic heterocycles. The normalized spacial score (nSPS) is 10.0. The van der Waals surface area contributed by atoms with Gasteiger partial charge < -0.3 is 4.80 Å². The predicted octanol–water partition coefficient (Wildman–Crippen LogP) is -3.31. The van der Waals surface area contributed by atoms with Gasteiger partial charge in [-0.2, -0.15) is 0 Å². The zero-order valence-electron chi connectivity index (χ0n) is 3.04. The van der Waals surface area contributed by atoms with Crippen LogP contribution in [0.1, 0.15) is 0 Å². The summed E-state index contributed by atoms with van der Waals surface area (Å²) >= 11 is 0. The molecular formula is F3LiOSi. The van der Waals surface area contributed by atoms with Crippen LogP contribution in [-0.2, 0) is 0 Å². The van der Waals surface area contributed by atoms with Crippen LogP contribution in [0.15, 0.2) is 0 Å². The average molecular weight is 108 g/mol. The second kappa shape index (κ2) is 2.69. The van der Waals surface area contributed by atoms with E-state index in [1.54, 1.807) is 0 Å². The summed E-state index contributed by atoms with van der Waals surface area (Å²) in [4.78, 5) is 8.24. The Hall–Kier alpha value is 0.564. The molecule has 0 aliphatic carbocycles. The maximum Gasteiger partial charge on any atom is 1.00 e. The topological polar surface area (TPSA) is 23.1 Å². The summed E-state index contributed by atoms with van der Waals surface area (Å²) in [6.45, 7) is 0. The molecule has 0 atom stereocenters. The van der Waals surface area contributed by atoms with E-state index in [4.69, 9.17) is 4.80 Å². The van der Waals surface area contributed by atoms with E-state index in [2.05, 4.69) is 0 Å². The molecule has 0 spiro atoms. The minimum atomic E-state index is -6.36. The average Bonchev–Trinajstić information content (AvgIpc) is 0.722. The molecule has 0 heterocycles. The van der Waals surface area contributed by atoms with Gasteiger partial charge in [-0.15, -0.1) is 0 Å². The molecule has 0 bridgehead atoms. The second-order valence-corrected chi connectivity index (χ2v) is 1.34. The Morgan fingerprint density at radius 2 is 1.17 bits per heavy atom. The van der Waals surface area contributed by atoms with E-state index >= 15 is 0 Å². The fraction of sp³-hybridized carbons (Fsp3) is 0.